The lowest BCUT2D eigenvalue weighted by molar-refractivity contribution is -0.104. The van der Waals surface area contributed by atoms with Gasteiger partial charge in [-0.05, 0) is 30.3 Å². The normalized spacial score (nSPS) is 14.7. The molecule has 0 atom stereocenters. The Morgan fingerprint density at radius 3 is 2.68 bits per heavy atom. The number of hydrogen-bond acceptors (Lipinski definition) is 6. The van der Waals surface area contributed by atoms with Gasteiger partial charge in [-0.2, -0.15) is 0 Å². The molecular weight excluding hydrogens is 432 g/mol. The van der Waals surface area contributed by atoms with Crippen LogP contribution < -0.4 is 26.1 Å². The fraction of sp³-hybridized carbons (Fsp3) is 0.250. The Kier molecular flexibility index (Phi) is 6.71. The number of halogens is 3. The lowest BCUT2D eigenvalue weighted by Crippen LogP contribution is -2.49. The van der Waals surface area contributed by atoms with E-state index in [9.17, 15) is 18.7 Å². The molecule has 0 unspecified atom stereocenters. The molecule has 1 aliphatic rings. The van der Waals surface area contributed by atoms with E-state index in [1.165, 1.54) is 42.8 Å². The van der Waals surface area contributed by atoms with Crippen LogP contribution >= 0.6 is 11.6 Å². The maximum Gasteiger partial charge on any atom is 0.487 e. The van der Waals surface area contributed by atoms with Gasteiger partial charge in [-0.3, -0.25) is 10.2 Å². The van der Waals surface area contributed by atoms with E-state index in [0.29, 0.717) is 35.9 Å². The summed E-state index contributed by atoms with van der Waals surface area (Å²) in [5.41, 5.74) is 3.72. The van der Waals surface area contributed by atoms with Gasteiger partial charge in [-0.15, -0.1) is 8.78 Å². The van der Waals surface area contributed by atoms with E-state index in [1.54, 1.807) is 6.07 Å². The zero-order valence-electron chi connectivity index (χ0n) is 16.3. The van der Waals surface area contributed by atoms with Crippen LogP contribution in [0.15, 0.2) is 42.6 Å². The van der Waals surface area contributed by atoms with Crippen LogP contribution in [-0.4, -0.2) is 47.5 Å². The molecule has 1 saturated heterocycles. The number of nitrogens with two attached hydrogens (primary N) is 2. The zero-order chi connectivity index (χ0) is 22.6. The Hall–Kier alpha value is -3.24. The molecule has 6 N–H and O–H groups in total. The number of carbonyl (C=O) groups excluding carboxylic acids is 1. The SMILES string of the molecule is NC(=CC=[NH2+])c1cc(C(=O)Nc2ccc(OC(F)(F)Cl)cc2)cnc1N1CC(CO)C1. The van der Waals surface area contributed by atoms with Crippen LogP contribution in [0.3, 0.4) is 0 Å². The summed E-state index contributed by atoms with van der Waals surface area (Å²) >= 11 is 4.73. The number of allylic oxidation sites excluding steroid dienone is 1. The summed E-state index contributed by atoms with van der Waals surface area (Å²) in [6.45, 7) is 1.33. The topological polar surface area (TPSA) is 126 Å². The smallest absolute Gasteiger partial charge is 0.420 e. The summed E-state index contributed by atoms with van der Waals surface area (Å²) in [7, 11) is 0. The molecule has 0 bridgehead atoms. The van der Waals surface area contributed by atoms with E-state index in [1.807, 2.05) is 4.90 Å². The molecule has 8 nitrogen and oxygen atoms in total. The highest BCUT2D eigenvalue weighted by Gasteiger charge is 2.30. The fourth-order valence-corrected chi connectivity index (χ4v) is 3.13. The number of amides is 1. The van der Waals surface area contributed by atoms with Crippen LogP contribution in [0, 0.1) is 5.92 Å². The fourth-order valence-electron chi connectivity index (χ4n) is 3.04. The van der Waals surface area contributed by atoms with Gasteiger partial charge in [0, 0.05) is 66.4 Å². The van der Waals surface area contributed by atoms with E-state index in [-0.39, 0.29) is 23.8 Å². The second-order valence-corrected chi connectivity index (χ2v) is 7.33. The summed E-state index contributed by atoms with van der Waals surface area (Å²) in [6, 6.07) is 6.87. The van der Waals surface area contributed by atoms with E-state index in [0.717, 1.165) is 0 Å². The number of aliphatic hydroxyl groups is 1. The first-order valence-electron chi connectivity index (χ1n) is 9.24. The van der Waals surface area contributed by atoms with E-state index in [2.05, 4.69) is 15.0 Å². The first-order valence-corrected chi connectivity index (χ1v) is 9.62. The molecule has 1 amide bonds. The molecular formula is C20H21ClF2N5O3+. The molecule has 11 heteroatoms. The number of hydrogen-bond donors (Lipinski definition) is 4. The van der Waals surface area contributed by atoms with Crippen LogP contribution in [0.4, 0.5) is 20.3 Å². The Balaban J connectivity index is 1.78. The Morgan fingerprint density at radius 1 is 1.42 bits per heavy atom. The molecule has 0 saturated carbocycles. The lowest BCUT2D eigenvalue weighted by atomic mass is 9.99. The number of aromatic nitrogens is 1. The number of aliphatic hydroxyl groups excluding tert-OH is 1. The van der Waals surface area contributed by atoms with Crippen molar-refractivity contribution in [2.45, 2.75) is 5.57 Å². The minimum Gasteiger partial charge on any atom is -0.420 e. The molecule has 164 valence electrons. The second kappa shape index (κ2) is 9.27. The quantitative estimate of drug-likeness (QED) is 0.350. The Morgan fingerprint density at radius 2 is 2.10 bits per heavy atom. The van der Waals surface area contributed by atoms with Gasteiger partial charge in [0.1, 0.15) is 11.6 Å². The van der Waals surface area contributed by atoms with E-state index >= 15 is 0 Å². The molecule has 3 rings (SSSR count). The minimum atomic E-state index is -3.82. The largest absolute Gasteiger partial charge is 0.487 e. The summed E-state index contributed by atoms with van der Waals surface area (Å²) in [5, 5.41) is 17.3. The molecule has 1 aromatic heterocycles. The van der Waals surface area contributed by atoms with Crippen molar-refractivity contribution in [1.82, 2.24) is 4.98 Å². The predicted octanol–water partition coefficient (Wildman–Crippen LogP) is 1.06. The summed E-state index contributed by atoms with van der Waals surface area (Å²) in [6.07, 6.45) is 4.19. The molecule has 1 fully saturated rings. The maximum atomic E-state index is 12.7. The van der Waals surface area contributed by atoms with Crippen LogP contribution in [0.2, 0.25) is 0 Å². The highest BCUT2D eigenvalue weighted by Crippen LogP contribution is 2.30. The monoisotopic (exact) mass is 452 g/mol. The molecule has 1 aliphatic heterocycles. The molecule has 0 aliphatic carbocycles. The highest BCUT2D eigenvalue weighted by atomic mass is 35.5. The van der Waals surface area contributed by atoms with Gasteiger partial charge in [0.2, 0.25) is 0 Å². The average molecular weight is 453 g/mol. The van der Waals surface area contributed by atoms with Gasteiger partial charge in [0.25, 0.3) is 5.91 Å². The van der Waals surface area contributed by atoms with Crippen molar-refractivity contribution in [3.63, 3.8) is 0 Å². The molecule has 1 aromatic carbocycles. The second-order valence-electron chi connectivity index (χ2n) is 6.89. The standard InChI is InChI=1S/C20H20ClF2N5O3/c21-20(22,23)31-15-3-1-14(2-4-15)27-19(30)13-7-16(17(25)5-6-24)18(26-8-13)28-9-12(10-28)11-29/h1-8,12,24,29H,9-11,25H2,(H,27,30)/p+1. The first kappa shape index (κ1) is 22.4. The molecule has 31 heavy (non-hydrogen) atoms. The molecule has 0 radical (unpaired) electrons. The average Bonchev–Trinajstić information content (AvgIpc) is 2.68. The Labute approximate surface area is 181 Å². The van der Waals surface area contributed by atoms with Crippen molar-refractivity contribution >= 4 is 40.9 Å². The lowest BCUT2D eigenvalue weighted by Gasteiger charge is -2.40. The van der Waals surface area contributed by atoms with E-state index < -0.39 is 11.5 Å². The number of alkyl halides is 3. The number of ether oxygens (including phenoxy) is 1. The van der Waals surface area contributed by atoms with Crippen LogP contribution in [0.25, 0.3) is 5.70 Å². The molecule has 0 spiro atoms. The Bertz CT molecular complexity index is 989. The summed E-state index contributed by atoms with van der Waals surface area (Å²) < 4.78 is 29.6. The van der Waals surface area contributed by atoms with Crippen LogP contribution in [-0.2, 0) is 0 Å². The molecule has 2 aromatic rings. The van der Waals surface area contributed by atoms with Crippen molar-refractivity contribution in [1.29, 1.82) is 0 Å². The third-order valence-electron chi connectivity index (χ3n) is 4.58. The van der Waals surface area contributed by atoms with Crippen LogP contribution in [0.1, 0.15) is 15.9 Å². The summed E-state index contributed by atoms with van der Waals surface area (Å²) in [4.78, 5) is 19.0. The summed E-state index contributed by atoms with van der Waals surface area (Å²) in [5.74, 6) is 0.117. The number of benzene rings is 1. The van der Waals surface area contributed by atoms with Gasteiger partial charge in [0.05, 0.1) is 5.56 Å². The van der Waals surface area contributed by atoms with Crippen molar-refractivity contribution in [2.24, 2.45) is 11.7 Å². The number of anilines is 2. The number of nitrogens with zero attached hydrogens (tertiary/aromatic N) is 2. The van der Waals surface area contributed by atoms with Crippen molar-refractivity contribution in [3.05, 3.63) is 53.7 Å². The van der Waals surface area contributed by atoms with Crippen molar-refractivity contribution < 1.29 is 28.8 Å². The van der Waals surface area contributed by atoms with Gasteiger partial charge < -0.3 is 25.8 Å². The first-order chi connectivity index (χ1) is 14.7. The van der Waals surface area contributed by atoms with Gasteiger partial charge in [-0.25, -0.2) is 4.98 Å². The van der Waals surface area contributed by atoms with Gasteiger partial charge >= 0.3 is 5.57 Å². The number of rotatable bonds is 8. The zero-order valence-corrected chi connectivity index (χ0v) is 17.0. The number of pyridine rings is 1. The van der Waals surface area contributed by atoms with Crippen molar-refractivity contribution in [2.75, 3.05) is 29.9 Å². The van der Waals surface area contributed by atoms with E-state index in [4.69, 9.17) is 22.7 Å². The van der Waals surface area contributed by atoms with Gasteiger partial charge in [-0.1, -0.05) is 0 Å². The van der Waals surface area contributed by atoms with Gasteiger partial charge in [0.15, 0.2) is 6.21 Å². The predicted molar refractivity (Wildman–Crippen MR) is 113 cm³/mol. The third kappa shape index (κ3) is 5.68. The third-order valence-corrected chi connectivity index (χ3v) is 4.65. The maximum absolute atomic E-state index is 12.7. The van der Waals surface area contributed by atoms with Crippen molar-refractivity contribution in [3.8, 4) is 5.75 Å². The minimum absolute atomic E-state index is 0.0839. The number of carbonyl (C=O) groups is 1. The molecule has 2 heterocycles. The van der Waals surface area contributed by atoms with Crippen LogP contribution in [0.5, 0.6) is 5.75 Å². The highest BCUT2D eigenvalue weighted by molar-refractivity contribution is 6.20. The number of nitrogens with one attached hydrogen (secondary N) is 1.